The fourth-order valence-corrected chi connectivity index (χ4v) is 4.32. The second-order valence-electron chi connectivity index (χ2n) is 6.61. The third-order valence-electron chi connectivity index (χ3n) is 4.58. The number of quaternary nitrogens is 1. The van der Waals surface area contributed by atoms with E-state index in [9.17, 15) is 12.8 Å². The monoisotopic (exact) mass is 379 g/mol. The standard InChI is InChI=1S/C19H23FN2O3S/c1-15-5-7-16(8-6-15)19(14-22-9-11-25-12-10-22)21-26(23,24)18-4-2-3-17(20)13-18/h2-8,13,19,21H,9-12,14H2,1H3/p+1/t19-/m0/s1. The highest BCUT2D eigenvalue weighted by atomic mass is 32.2. The third kappa shape index (κ3) is 4.88. The fraction of sp³-hybridized carbons (Fsp3) is 0.368. The molecule has 2 N–H and O–H groups in total. The molecule has 0 saturated carbocycles. The molecule has 3 rings (SSSR count). The minimum Gasteiger partial charge on any atom is -0.370 e. The zero-order chi connectivity index (χ0) is 18.6. The van der Waals surface area contributed by atoms with Gasteiger partial charge in [-0.1, -0.05) is 35.9 Å². The van der Waals surface area contributed by atoms with Gasteiger partial charge in [-0.05, 0) is 30.7 Å². The summed E-state index contributed by atoms with van der Waals surface area (Å²) in [5, 5.41) is 0. The molecule has 7 heteroatoms. The van der Waals surface area contributed by atoms with E-state index in [2.05, 4.69) is 4.72 Å². The first-order valence-electron chi connectivity index (χ1n) is 8.70. The number of ether oxygens (including phenoxy) is 1. The first kappa shape index (κ1) is 19.0. The van der Waals surface area contributed by atoms with Crippen LogP contribution in [0.2, 0.25) is 0 Å². The Morgan fingerprint density at radius 1 is 1.15 bits per heavy atom. The highest BCUT2D eigenvalue weighted by molar-refractivity contribution is 7.89. The molecular weight excluding hydrogens is 355 g/mol. The Balaban J connectivity index is 1.85. The van der Waals surface area contributed by atoms with Crippen LogP contribution in [0.15, 0.2) is 53.4 Å². The van der Waals surface area contributed by atoms with Crippen molar-refractivity contribution in [2.24, 2.45) is 0 Å². The molecule has 140 valence electrons. The van der Waals surface area contributed by atoms with E-state index in [4.69, 9.17) is 4.74 Å². The minimum absolute atomic E-state index is 0.0633. The maximum absolute atomic E-state index is 13.5. The molecule has 0 aliphatic carbocycles. The fourth-order valence-electron chi connectivity index (χ4n) is 3.07. The second kappa shape index (κ2) is 8.26. The van der Waals surface area contributed by atoms with Gasteiger partial charge in [0.25, 0.3) is 0 Å². The van der Waals surface area contributed by atoms with Gasteiger partial charge in [-0.3, -0.25) is 0 Å². The van der Waals surface area contributed by atoms with E-state index < -0.39 is 21.9 Å². The number of hydrogen-bond donors (Lipinski definition) is 2. The number of halogens is 1. The van der Waals surface area contributed by atoms with Gasteiger partial charge in [-0.15, -0.1) is 0 Å². The van der Waals surface area contributed by atoms with Gasteiger partial charge in [0.05, 0.1) is 30.7 Å². The molecule has 2 aromatic rings. The van der Waals surface area contributed by atoms with E-state index in [1.165, 1.54) is 23.1 Å². The predicted molar refractivity (Wildman–Crippen MR) is 97.0 cm³/mol. The van der Waals surface area contributed by atoms with Crippen molar-refractivity contribution in [3.63, 3.8) is 0 Å². The van der Waals surface area contributed by atoms with Crippen molar-refractivity contribution in [2.45, 2.75) is 17.9 Å². The third-order valence-corrected chi connectivity index (χ3v) is 6.05. The number of benzene rings is 2. The molecule has 1 aliphatic rings. The van der Waals surface area contributed by atoms with Crippen molar-refractivity contribution in [1.29, 1.82) is 0 Å². The molecule has 1 atom stereocenters. The van der Waals surface area contributed by atoms with Gasteiger partial charge in [0.2, 0.25) is 10.0 Å². The van der Waals surface area contributed by atoms with Gasteiger partial charge in [0, 0.05) is 0 Å². The molecule has 0 unspecified atom stereocenters. The first-order valence-corrected chi connectivity index (χ1v) is 10.2. The van der Waals surface area contributed by atoms with Crippen molar-refractivity contribution >= 4 is 10.0 Å². The number of rotatable bonds is 6. The summed E-state index contributed by atoms with van der Waals surface area (Å²) in [6, 6.07) is 12.5. The Morgan fingerprint density at radius 2 is 1.85 bits per heavy atom. The molecule has 1 fully saturated rings. The van der Waals surface area contributed by atoms with Crippen LogP contribution in [0.1, 0.15) is 17.2 Å². The van der Waals surface area contributed by atoms with Gasteiger partial charge in [-0.25, -0.2) is 12.8 Å². The van der Waals surface area contributed by atoms with Crippen LogP contribution in [0.25, 0.3) is 0 Å². The molecule has 0 amide bonds. The maximum Gasteiger partial charge on any atom is 0.241 e. The van der Waals surface area contributed by atoms with Crippen molar-refractivity contribution in [3.05, 3.63) is 65.5 Å². The van der Waals surface area contributed by atoms with E-state index >= 15 is 0 Å². The Kier molecular flexibility index (Phi) is 6.03. The summed E-state index contributed by atoms with van der Waals surface area (Å²) < 4.78 is 47.1. The molecule has 0 radical (unpaired) electrons. The lowest BCUT2D eigenvalue weighted by atomic mass is 10.1. The molecule has 0 aromatic heterocycles. The molecule has 2 aromatic carbocycles. The molecule has 1 heterocycles. The van der Waals surface area contributed by atoms with Crippen LogP contribution in [0.3, 0.4) is 0 Å². The van der Waals surface area contributed by atoms with Crippen LogP contribution < -0.4 is 9.62 Å². The lowest BCUT2D eigenvalue weighted by Crippen LogP contribution is -3.14. The number of hydrogen-bond acceptors (Lipinski definition) is 3. The Hall–Kier alpha value is -1.80. The van der Waals surface area contributed by atoms with Crippen LogP contribution in [0, 0.1) is 12.7 Å². The quantitative estimate of drug-likeness (QED) is 0.789. The average Bonchev–Trinajstić information content (AvgIpc) is 2.62. The summed E-state index contributed by atoms with van der Waals surface area (Å²) in [6.07, 6.45) is 0. The summed E-state index contributed by atoms with van der Waals surface area (Å²) in [5.41, 5.74) is 2.01. The first-order chi connectivity index (χ1) is 12.4. The smallest absolute Gasteiger partial charge is 0.241 e. The molecule has 0 spiro atoms. The number of nitrogens with one attached hydrogen (secondary N) is 2. The largest absolute Gasteiger partial charge is 0.370 e. The lowest BCUT2D eigenvalue weighted by Gasteiger charge is -2.28. The van der Waals surface area contributed by atoms with E-state index in [0.717, 1.165) is 30.3 Å². The number of morpholine rings is 1. The molecule has 5 nitrogen and oxygen atoms in total. The summed E-state index contributed by atoms with van der Waals surface area (Å²) in [6.45, 7) is 5.62. The van der Waals surface area contributed by atoms with Crippen molar-refractivity contribution < 1.29 is 22.4 Å². The topological polar surface area (TPSA) is 59.8 Å². The molecule has 0 bridgehead atoms. The number of sulfonamides is 1. The zero-order valence-electron chi connectivity index (χ0n) is 14.7. The number of aryl methyl sites for hydroxylation is 1. The van der Waals surface area contributed by atoms with E-state index in [-0.39, 0.29) is 4.90 Å². The molecule has 1 saturated heterocycles. The normalized spacial score (nSPS) is 17.2. The SMILES string of the molecule is Cc1ccc([C@H](C[NH+]2CCOCC2)NS(=O)(=O)c2cccc(F)c2)cc1. The molecular formula is C19H24FN2O3S+. The van der Waals surface area contributed by atoms with Gasteiger partial charge < -0.3 is 9.64 Å². The summed E-state index contributed by atoms with van der Waals surface area (Å²) in [5.74, 6) is -0.571. The Labute approximate surface area is 153 Å². The summed E-state index contributed by atoms with van der Waals surface area (Å²) >= 11 is 0. The van der Waals surface area contributed by atoms with Crippen LogP contribution >= 0.6 is 0 Å². The Bertz CT molecular complexity index is 834. The molecule has 1 aliphatic heterocycles. The lowest BCUT2D eigenvalue weighted by molar-refractivity contribution is -0.909. The second-order valence-corrected chi connectivity index (χ2v) is 8.32. The van der Waals surface area contributed by atoms with Crippen molar-refractivity contribution in [1.82, 2.24) is 4.72 Å². The predicted octanol–water partition coefficient (Wildman–Crippen LogP) is 1.07. The van der Waals surface area contributed by atoms with Crippen molar-refractivity contribution in [3.8, 4) is 0 Å². The highest BCUT2D eigenvalue weighted by Crippen LogP contribution is 2.18. The zero-order valence-corrected chi connectivity index (χ0v) is 15.6. The molecule has 26 heavy (non-hydrogen) atoms. The van der Waals surface area contributed by atoms with Gasteiger partial charge in [-0.2, -0.15) is 4.72 Å². The van der Waals surface area contributed by atoms with Gasteiger partial charge in [0.1, 0.15) is 18.9 Å². The van der Waals surface area contributed by atoms with Gasteiger partial charge >= 0.3 is 0 Å². The van der Waals surface area contributed by atoms with Crippen LogP contribution in [-0.4, -0.2) is 41.3 Å². The van der Waals surface area contributed by atoms with Crippen LogP contribution in [-0.2, 0) is 14.8 Å². The maximum atomic E-state index is 13.5. The summed E-state index contributed by atoms with van der Waals surface area (Å²) in [4.78, 5) is 1.22. The highest BCUT2D eigenvalue weighted by Gasteiger charge is 2.26. The van der Waals surface area contributed by atoms with E-state index in [1.54, 1.807) is 0 Å². The van der Waals surface area contributed by atoms with Crippen LogP contribution in [0.4, 0.5) is 4.39 Å². The van der Waals surface area contributed by atoms with E-state index in [0.29, 0.717) is 19.8 Å². The van der Waals surface area contributed by atoms with E-state index in [1.807, 2.05) is 31.2 Å². The Morgan fingerprint density at radius 3 is 2.50 bits per heavy atom. The van der Waals surface area contributed by atoms with Gasteiger partial charge in [0.15, 0.2) is 0 Å². The minimum atomic E-state index is -3.83. The summed E-state index contributed by atoms with van der Waals surface area (Å²) in [7, 11) is -3.83. The average molecular weight is 379 g/mol. The van der Waals surface area contributed by atoms with Crippen molar-refractivity contribution in [2.75, 3.05) is 32.8 Å². The van der Waals surface area contributed by atoms with Crippen LogP contribution in [0.5, 0.6) is 0 Å².